The molecule has 0 aliphatic carbocycles. The maximum atomic E-state index is 3.98. The molecular formula is C3H8S2. The summed E-state index contributed by atoms with van der Waals surface area (Å²) in [5.41, 5.74) is 0. The van der Waals surface area contributed by atoms with E-state index >= 15 is 0 Å². The average Bonchev–Trinajstić information content (AvgIpc) is 0.722. The molecule has 0 aromatic rings. The minimum absolute atomic E-state index is 0.972. The molecule has 0 saturated carbocycles. The first kappa shape index (κ1) is 5.44. The van der Waals surface area contributed by atoms with E-state index in [4.69, 9.17) is 0 Å². The van der Waals surface area contributed by atoms with Gasteiger partial charge in [-0.05, 0) is 6.26 Å². The highest BCUT2D eigenvalue weighted by atomic mass is 33.1. The standard InChI is InChI=1S/C3H8S2/c1-5(2,3)4/h4H,1-2H2,3H3. The summed E-state index contributed by atoms with van der Waals surface area (Å²) in [5, 5.41) is 0. The Bertz CT molecular complexity index is 88.1. The summed E-state index contributed by atoms with van der Waals surface area (Å²) in [7, 11) is -0.972. The average molecular weight is 108 g/mol. The van der Waals surface area contributed by atoms with Crippen molar-refractivity contribution in [3.05, 3.63) is 0 Å². The lowest BCUT2D eigenvalue weighted by Crippen LogP contribution is -1.46. The maximum absolute atomic E-state index is 3.98. The Balaban J connectivity index is 4.06. The first-order valence-corrected chi connectivity index (χ1v) is 4.60. The number of hydrogen-bond donors (Lipinski definition) is 1. The molecule has 0 unspecified atom stereocenters. The van der Waals surface area contributed by atoms with Crippen LogP contribution in [0.4, 0.5) is 0 Å². The molecule has 0 spiro atoms. The van der Waals surface area contributed by atoms with Crippen LogP contribution in [-0.2, 0) is 0 Å². The van der Waals surface area contributed by atoms with Gasteiger partial charge in [-0.2, -0.15) is 8.24 Å². The van der Waals surface area contributed by atoms with Gasteiger partial charge in [0.15, 0.2) is 0 Å². The van der Waals surface area contributed by atoms with E-state index in [-0.39, 0.29) is 0 Å². The zero-order chi connectivity index (χ0) is 4.50. The normalized spacial score (nSPS) is 11.6. The van der Waals surface area contributed by atoms with Crippen molar-refractivity contribution in [3.63, 3.8) is 0 Å². The van der Waals surface area contributed by atoms with Crippen molar-refractivity contribution in [1.29, 1.82) is 0 Å². The van der Waals surface area contributed by atoms with E-state index in [9.17, 15) is 0 Å². The molecule has 0 aromatic carbocycles. The molecule has 0 aliphatic rings. The molecule has 0 aromatic heterocycles. The summed E-state index contributed by atoms with van der Waals surface area (Å²) in [6.45, 7) is 0. The van der Waals surface area contributed by atoms with Gasteiger partial charge in [0, 0.05) is 0 Å². The van der Waals surface area contributed by atoms with E-state index in [1.807, 2.05) is 6.26 Å². The molecule has 0 fully saturated rings. The Morgan fingerprint density at radius 1 is 1.60 bits per heavy atom. The van der Waals surface area contributed by atoms with Crippen LogP contribution >= 0.6 is 19.9 Å². The highest BCUT2D eigenvalue weighted by Crippen LogP contribution is 2.15. The fourth-order valence-corrected chi connectivity index (χ4v) is 0. The summed E-state index contributed by atoms with van der Waals surface area (Å²) in [5.74, 6) is 7.21. The molecule has 0 heterocycles. The van der Waals surface area contributed by atoms with Crippen molar-refractivity contribution in [3.8, 4) is 0 Å². The molecule has 0 amide bonds. The van der Waals surface area contributed by atoms with Gasteiger partial charge in [-0.1, -0.05) is 11.7 Å². The van der Waals surface area contributed by atoms with Crippen LogP contribution in [0.5, 0.6) is 0 Å². The molecule has 0 bridgehead atoms. The van der Waals surface area contributed by atoms with Gasteiger partial charge in [0.2, 0.25) is 0 Å². The first-order chi connectivity index (χ1) is 2.00. The van der Waals surface area contributed by atoms with Crippen molar-refractivity contribution < 1.29 is 0 Å². The first-order valence-electron chi connectivity index (χ1n) is 1.17. The Labute approximate surface area is 38.5 Å². The van der Waals surface area contributed by atoms with Crippen LogP contribution in [0.1, 0.15) is 0 Å². The highest BCUT2D eigenvalue weighted by molar-refractivity contribution is 8.83. The van der Waals surface area contributed by atoms with Crippen LogP contribution in [-0.4, -0.2) is 18.0 Å². The Morgan fingerprint density at radius 2 is 1.60 bits per heavy atom. The molecule has 32 valence electrons. The third-order valence-electron chi connectivity index (χ3n) is 0. The van der Waals surface area contributed by atoms with Gasteiger partial charge in [0.1, 0.15) is 0 Å². The molecular weight excluding hydrogens is 100 g/mol. The monoisotopic (exact) mass is 108 g/mol. The molecule has 0 rings (SSSR count). The van der Waals surface area contributed by atoms with Gasteiger partial charge in [0.05, 0.1) is 0 Å². The van der Waals surface area contributed by atoms with E-state index in [1.54, 1.807) is 0 Å². The molecule has 5 heavy (non-hydrogen) atoms. The van der Waals surface area contributed by atoms with Gasteiger partial charge in [-0.25, -0.2) is 0 Å². The third kappa shape index (κ3) is 137. The quantitative estimate of drug-likeness (QED) is 0.268. The SMILES string of the molecule is C=S(=C)(C)S. The second kappa shape index (κ2) is 1.27. The number of rotatable bonds is 0. The second-order valence-electron chi connectivity index (χ2n) is 1.22. The van der Waals surface area contributed by atoms with Crippen molar-refractivity contribution >= 4 is 31.6 Å². The van der Waals surface area contributed by atoms with Gasteiger partial charge in [0.25, 0.3) is 0 Å². The smallest absolute Gasteiger partial charge is 0.0200 e. The minimum Gasteiger partial charge on any atom is -0.171 e. The zero-order valence-electron chi connectivity index (χ0n) is 3.27. The van der Waals surface area contributed by atoms with E-state index in [1.165, 1.54) is 0 Å². The lowest BCUT2D eigenvalue weighted by Gasteiger charge is -1.85. The molecule has 0 N–H and O–H groups in total. The zero-order valence-corrected chi connectivity index (χ0v) is 4.98. The fraction of sp³-hybridized carbons (Fsp3) is 0.333. The van der Waals surface area contributed by atoms with E-state index < -0.39 is 8.24 Å². The predicted molar refractivity (Wildman–Crippen MR) is 36.7 cm³/mol. The maximum Gasteiger partial charge on any atom is -0.0200 e. The lowest BCUT2D eigenvalue weighted by molar-refractivity contribution is 2.53. The van der Waals surface area contributed by atoms with Crippen LogP contribution in [0.15, 0.2) is 0 Å². The lowest BCUT2D eigenvalue weighted by atomic mass is 11.9. The summed E-state index contributed by atoms with van der Waals surface area (Å²) in [4.78, 5) is 0. The molecule has 0 saturated heterocycles. The van der Waals surface area contributed by atoms with Crippen LogP contribution < -0.4 is 0 Å². The fourth-order valence-electron chi connectivity index (χ4n) is 0. The Morgan fingerprint density at radius 3 is 1.60 bits per heavy atom. The van der Waals surface area contributed by atoms with E-state index in [0.717, 1.165) is 0 Å². The number of hydrogen-bond acceptors (Lipinski definition) is 1. The molecule has 0 nitrogen and oxygen atoms in total. The van der Waals surface area contributed by atoms with Crippen LogP contribution in [0.25, 0.3) is 0 Å². The summed E-state index contributed by atoms with van der Waals surface area (Å²) < 4.78 is 0. The number of thiol groups is 1. The Kier molecular flexibility index (Phi) is 1.38. The summed E-state index contributed by atoms with van der Waals surface area (Å²) >= 11 is 3.98. The van der Waals surface area contributed by atoms with Crippen molar-refractivity contribution in [2.75, 3.05) is 6.26 Å². The van der Waals surface area contributed by atoms with E-state index in [2.05, 4.69) is 23.4 Å². The van der Waals surface area contributed by atoms with E-state index in [0.29, 0.717) is 0 Å². The van der Waals surface area contributed by atoms with Crippen LogP contribution in [0.2, 0.25) is 0 Å². The van der Waals surface area contributed by atoms with Gasteiger partial charge in [-0.15, -0.1) is 11.7 Å². The van der Waals surface area contributed by atoms with Gasteiger partial charge >= 0.3 is 0 Å². The largest absolute Gasteiger partial charge is 0.171 e. The third-order valence-corrected chi connectivity index (χ3v) is 0. The van der Waals surface area contributed by atoms with Crippen molar-refractivity contribution in [1.82, 2.24) is 0 Å². The minimum atomic E-state index is -0.972. The molecule has 0 aliphatic heterocycles. The van der Waals surface area contributed by atoms with Crippen molar-refractivity contribution in [2.45, 2.75) is 0 Å². The van der Waals surface area contributed by atoms with Crippen LogP contribution in [0.3, 0.4) is 0 Å². The summed E-state index contributed by atoms with van der Waals surface area (Å²) in [6.07, 6.45) is 1.91. The topological polar surface area (TPSA) is 0 Å². The van der Waals surface area contributed by atoms with Crippen LogP contribution in [0, 0.1) is 0 Å². The predicted octanol–water partition coefficient (Wildman–Crippen LogP) is 1.13. The van der Waals surface area contributed by atoms with Gasteiger partial charge < -0.3 is 0 Å². The summed E-state index contributed by atoms with van der Waals surface area (Å²) in [6, 6.07) is 0. The molecule has 0 atom stereocenters. The highest BCUT2D eigenvalue weighted by Gasteiger charge is 1.61. The second-order valence-corrected chi connectivity index (χ2v) is 6.31. The van der Waals surface area contributed by atoms with Crippen molar-refractivity contribution in [2.24, 2.45) is 0 Å². The Hall–Kier alpha value is 0.440. The molecule has 0 radical (unpaired) electrons. The molecule has 2 heteroatoms. The van der Waals surface area contributed by atoms with Gasteiger partial charge in [-0.3, -0.25) is 0 Å².